The van der Waals surface area contributed by atoms with E-state index in [4.69, 9.17) is 0 Å². The molecule has 0 aromatic carbocycles. The van der Waals surface area contributed by atoms with Gasteiger partial charge in [0.05, 0.1) is 0 Å². The van der Waals surface area contributed by atoms with Crippen molar-refractivity contribution in [2.75, 3.05) is 0 Å². The Labute approximate surface area is 59.6 Å². The van der Waals surface area contributed by atoms with Crippen LogP contribution in [0.25, 0.3) is 10.5 Å². The third-order valence-electron chi connectivity index (χ3n) is 1.07. The lowest BCUT2D eigenvalue weighted by Crippen LogP contribution is -1.90. The number of nitrogens with zero attached hydrogens (tertiary/aromatic N) is 2. The topological polar surface area (TPSA) is 58.6 Å². The van der Waals surface area contributed by atoms with E-state index in [1.54, 1.807) is 12.4 Å². The van der Waals surface area contributed by atoms with Crippen LogP contribution in [0.1, 0.15) is 0 Å². The van der Waals surface area contributed by atoms with Crippen molar-refractivity contribution < 1.29 is 0 Å². The van der Waals surface area contributed by atoms with Gasteiger partial charge >= 0.3 is 4.87 Å². The summed E-state index contributed by atoms with van der Waals surface area (Å²) in [7, 11) is 0. The van der Waals surface area contributed by atoms with Gasteiger partial charge in [-0.1, -0.05) is 11.3 Å². The Morgan fingerprint density at radius 1 is 1.40 bits per heavy atom. The molecule has 1 N–H and O–H groups in total. The van der Waals surface area contributed by atoms with Crippen molar-refractivity contribution in [3.8, 4) is 0 Å². The van der Waals surface area contributed by atoms with Gasteiger partial charge in [0, 0.05) is 12.4 Å². The molecule has 0 unspecified atom stereocenters. The lowest BCUT2D eigenvalue weighted by molar-refractivity contribution is 1.25. The molecule has 2 aromatic heterocycles. The second-order valence-corrected chi connectivity index (χ2v) is 2.69. The largest absolute Gasteiger partial charge is 0.308 e. The minimum atomic E-state index is -0.110. The van der Waals surface area contributed by atoms with E-state index in [0.717, 1.165) is 11.3 Å². The zero-order valence-corrected chi connectivity index (χ0v) is 5.68. The van der Waals surface area contributed by atoms with E-state index in [1.165, 1.54) is 0 Å². The number of aromatic nitrogens is 3. The maximum Gasteiger partial charge on any atom is 0.308 e. The Morgan fingerprint density at radius 2 is 2.20 bits per heavy atom. The van der Waals surface area contributed by atoms with Gasteiger partial charge in [-0.15, -0.1) is 0 Å². The summed E-state index contributed by atoms with van der Waals surface area (Å²) < 4.78 is 0. The van der Waals surface area contributed by atoms with Gasteiger partial charge in [0.1, 0.15) is 0 Å². The standard InChI is InChI=1S/C5H3N3OS/c9-5-8-3-4(10-5)7-2-1-6-3/h1-2H,(H,6,8,9). The summed E-state index contributed by atoms with van der Waals surface area (Å²) in [5, 5.41) is 0. The van der Waals surface area contributed by atoms with Gasteiger partial charge < -0.3 is 0 Å². The fourth-order valence-electron chi connectivity index (χ4n) is 0.696. The molecule has 0 saturated carbocycles. The third kappa shape index (κ3) is 0.714. The second-order valence-electron chi connectivity index (χ2n) is 1.72. The predicted octanol–water partition coefficient (Wildman–Crippen LogP) is 0.380. The van der Waals surface area contributed by atoms with E-state index >= 15 is 0 Å². The van der Waals surface area contributed by atoms with Gasteiger partial charge in [-0.05, 0) is 0 Å². The highest BCUT2D eigenvalue weighted by Gasteiger charge is 1.97. The van der Waals surface area contributed by atoms with Crippen LogP contribution < -0.4 is 4.87 Å². The van der Waals surface area contributed by atoms with Crippen molar-refractivity contribution in [2.24, 2.45) is 0 Å². The molecule has 0 aliphatic rings. The molecule has 0 atom stereocenters. The summed E-state index contributed by atoms with van der Waals surface area (Å²) in [6, 6.07) is 0. The maximum absolute atomic E-state index is 10.7. The van der Waals surface area contributed by atoms with Crippen LogP contribution in [0.4, 0.5) is 0 Å². The summed E-state index contributed by atoms with van der Waals surface area (Å²) in [6.45, 7) is 0. The lowest BCUT2D eigenvalue weighted by Gasteiger charge is -1.80. The Balaban J connectivity index is 3.01. The zero-order chi connectivity index (χ0) is 6.97. The molecule has 0 aliphatic carbocycles. The van der Waals surface area contributed by atoms with Crippen LogP contribution in [0.3, 0.4) is 0 Å². The van der Waals surface area contributed by atoms with Gasteiger partial charge in [0.25, 0.3) is 0 Å². The molecule has 0 radical (unpaired) electrons. The normalized spacial score (nSPS) is 10.4. The number of nitrogens with one attached hydrogen (secondary N) is 1. The van der Waals surface area contributed by atoms with Crippen LogP contribution in [0.5, 0.6) is 0 Å². The maximum atomic E-state index is 10.7. The average molecular weight is 153 g/mol. The van der Waals surface area contributed by atoms with E-state index in [-0.39, 0.29) is 4.87 Å². The number of aromatic amines is 1. The lowest BCUT2D eigenvalue weighted by atomic mass is 10.7. The average Bonchev–Trinajstić information content (AvgIpc) is 2.27. The molecule has 0 aliphatic heterocycles. The summed E-state index contributed by atoms with van der Waals surface area (Å²) in [5.74, 6) is 0. The van der Waals surface area contributed by atoms with Crippen LogP contribution in [-0.4, -0.2) is 15.0 Å². The molecule has 0 bridgehead atoms. The van der Waals surface area contributed by atoms with Crippen molar-refractivity contribution in [3.05, 3.63) is 22.1 Å². The Bertz CT molecular complexity index is 368. The summed E-state index contributed by atoms with van der Waals surface area (Å²) in [6.07, 6.45) is 3.11. The molecule has 2 aromatic rings. The van der Waals surface area contributed by atoms with Crippen LogP contribution in [-0.2, 0) is 0 Å². The molecule has 0 spiro atoms. The molecule has 4 nitrogen and oxygen atoms in total. The minimum Gasteiger partial charge on any atom is -0.296 e. The molecule has 0 amide bonds. The van der Waals surface area contributed by atoms with Crippen molar-refractivity contribution in [2.45, 2.75) is 0 Å². The van der Waals surface area contributed by atoms with E-state index in [1.807, 2.05) is 0 Å². The predicted molar refractivity (Wildman–Crippen MR) is 38.0 cm³/mol. The number of hydrogen-bond donors (Lipinski definition) is 1. The van der Waals surface area contributed by atoms with Crippen LogP contribution in [0.15, 0.2) is 17.2 Å². The van der Waals surface area contributed by atoms with Gasteiger partial charge in [-0.25, -0.2) is 9.97 Å². The Hall–Kier alpha value is -1.23. The first-order valence-corrected chi connectivity index (χ1v) is 3.48. The van der Waals surface area contributed by atoms with Crippen molar-refractivity contribution in [3.63, 3.8) is 0 Å². The minimum absolute atomic E-state index is 0.110. The number of rotatable bonds is 0. The van der Waals surface area contributed by atoms with Gasteiger partial charge in [0.2, 0.25) is 0 Å². The van der Waals surface area contributed by atoms with E-state index in [0.29, 0.717) is 10.5 Å². The van der Waals surface area contributed by atoms with Crippen LogP contribution in [0.2, 0.25) is 0 Å². The molecule has 5 heteroatoms. The number of thiazole rings is 1. The SMILES string of the molecule is O=c1[nH]c2nccnc2s1. The Morgan fingerprint density at radius 3 is 3.00 bits per heavy atom. The number of hydrogen-bond acceptors (Lipinski definition) is 4. The first kappa shape index (κ1) is 5.55. The summed E-state index contributed by atoms with van der Waals surface area (Å²) in [5.41, 5.74) is 0.567. The van der Waals surface area contributed by atoms with E-state index in [9.17, 15) is 4.79 Å². The molecule has 0 saturated heterocycles. The molecule has 2 rings (SSSR count). The van der Waals surface area contributed by atoms with E-state index in [2.05, 4.69) is 15.0 Å². The van der Waals surface area contributed by atoms with Crippen molar-refractivity contribution in [1.29, 1.82) is 0 Å². The number of fused-ring (bicyclic) bond motifs is 1. The number of H-pyrrole nitrogens is 1. The van der Waals surface area contributed by atoms with Gasteiger partial charge in [0.15, 0.2) is 10.5 Å². The van der Waals surface area contributed by atoms with Gasteiger partial charge in [-0.3, -0.25) is 9.78 Å². The first-order chi connectivity index (χ1) is 4.86. The second kappa shape index (κ2) is 1.88. The van der Waals surface area contributed by atoms with E-state index < -0.39 is 0 Å². The Kier molecular flexibility index (Phi) is 1.04. The zero-order valence-electron chi connectivity index (χ0n) is 4.87. The fraction of sp³-hybridized carbons (Fsp3) is 0. The third-order valence-corrected chi connectivity index (χ3v) is 1.85. The molecule has 50 valence electrons. The fourth-order valence-corrected chi connectivity index (χ4v) is 1.33. The summed E-state index contributed by atoms with van der Waals surface area (Å²) in [4.78, 5) is 21.6. The molecule has 2 heterocycles. The smallest absolute Gasteiger partial charge is 0.296 e. The van der Waals surface area contributed by atoms with Crippen molar-refractivity contribution >= 4 is 21.8 Å². The highest BCUT2D eigenvalue weighted by Crippen LogP contribution is 2.04. The molecule has 0 fully saturated rings. The highest BCUT2D eigenvalue weighted by atomic mass is 32.1. The summed E-state index contributed by atoms with van der Waals surface area (Å²) >= 11 is 1.07. The van der Waals surface area contributed by atoms with Gasteiger partial charge in [-0.2, -0.15) is 0 Å². The van der Waals surface area contributed by atoms with Crippen LogP contribution in [0, 0.1) is 0 Å². The molecular formula is C5H3N3OS. The highest BCUT2D eigenvalue weighted by molar-refractivity contribution is 7.15. The first-order valence-electron chi connectivity index (χ1n) is 2.66. The van der Waals surface area contributed by atoms with Crippen molar-refractivity contribution in [1.82, 2.24) is 15.0 Å². The van der Waals surface area contributed by atoms with Crippen LogP contribution >= 0.6 is 11.3 Å². The molecular weight excluding hydrogens is 150 g/mol. The monoisotopic (exact) mass is 153 g/mol. The quantitative estimate of drug-likeness (QED) is 0.595. The molecule has 10 heavy (non-hydrogen) atoms.